The maximum Gasteiger partial charge on any atom is 0.120 e. The van der Waals surface area contributed by atoms with Crippen LogP contribution in [0.3, 0.4) is 0 Å². The van der Waals surface area contributed by atoms with Gasteiger partial charge in [0.15, 0.2) is 0 Å². The van der Waals surface area contributed by atoms with Crippen LogP contribution in [-0.2, 0) is 0 Å². The van der Waals surface area contributed by atoms with E-state index in [4.69, 9.17) is 10.5 Å². The fourth-order valence-electron chi connectivity index (χ4n) is 3.35. The molecule has 1 aliphatic rings. The van der Waals surface area contributed by atoms with Gasteiger partial charge in [-0.1, -0.05) is 31.7 Å². The largest absolute Gasteiger partial charge is 0.497 e. The van der Waals surface area contributed by atoms with Gasteiger partial charge in [-0.3, -0.25) is 0 Å². The molecule has 1 saturated carbocycles. The molecule has 0 heterocycles. The molecule has 0 spiro atoms. The average Bonchev–Trinajstić information content (AvgIpc) is 2.73. The second-order valence-electron chi connectivity index (χ2n) is 6.18. The highest BCUT2D eigenvalue weighted by Gasteiger charge is 2.30. The van der Waals surface area contributed by atoms with Gasteiger partial charge in [-0.25, -0.2) is 0 Å². The van der Waals surface area contributed by atoms with Crippen molar-refractivity contribution in [2.45, 2.75) is 38.5 Å². The fourth-order valence-corrected chi connectivity index (χ4v) is 3.35. The highest BCUT2D eigenvalue weighted by Crippen LogP contribution is 2.36. The lowest BCUT2D eigenvalue weighted by atomic mass is 9.80. The Balaban J connectivity index is 2.09. The molecule has 0 atom stereocenters. The van der Waals surface area contributed by atoms with Gasteiger partial charge in [0.2, 0.25) is 0 Å². The summed E-state index contributed by atoms with van der Waals surface area (Å²) in [5.74, 6) is 0.914. The van der Waals surface area contributed by atoms with Crippen molar-refractivity contribution in [1.29, 1.82) is 0 Å². The molecule has 2 rings (SSSR count). The third-order valence-electron chi connectivity index (χ3n) is 4.66. The van der Waals surface area contributed by atoms with E-state index in [1.807, 2.05) is 12.1 Å². The number of nitrogens with two attached hydrogens (primary N) is 1. The Hall–Kier alpha value is -1.22. The number of methoxy groups -OCH3 is 1. The molecule has 0 aromatic heterocycles. The van der Waals surface area contributed by atoms with Gasteiger partial charge in [-0.15, -0.1) is 0 Å². The fraction of sp³-hybridized carbons (Fsp3) is 0.647. The summed E-state index contributed by atoms with van der Waals surface area (Å²) in [5.41, 5.74) is 7.63. The molecule has 0 bridgehead atoms. The summed E-state index contributed by atoms with van der Waals surface area (Å²) in [7, 11) is 3.88. The molecule has 0 radical (unpaired) electrons. The summed E-state index contributed by atoms with van der Waals surface area (Å²) in [6, 6.07) is 8.28. The summed E-state index contributed by atoms with van der Waals surface area (Å²) >= 11 is 0. The van der Waals surface area contributed by atoms with Crippen molar-refractivity contribution in [2.75, 3.05) is 32.1 Å². The molecule has 2 N–H and O–H groups in total. The minimum absolute atomic E-state index is 0.286. The van der Waals surface area contributed by atoms with Crippen LogP contribution in [0.2, 0.25) is 0 Å². The first-order valence-corrected chi connectivity index (χ1v) is 7.74. The van der Waals surface area contributed by atoms with Crippen LogP contribution in [0.5, 0.6) is 5.75 Å². The van der Waals surface area contributed by atoms with Gasteiger partial charge in [-0.2, -0.15) is 0 Å². The molecule has 0 unspecified atom stereocenters. The van der Waals surface area contributed by atoms with Crippen LogP contribution < -0.4 is 15.4 Å². The molecular weight excluding hydrogens is 248 g/mol. The Kier molecular flexibility index (Phi) is 5.30. The molecule has 0 amide bonds. The first kappa shape index (κ1) is 15.2. The zero-order valence-electron chi connectivity index (χ0n) is 12.9. The second kappa shape index (κ2) is 6.98. The second-order valence-corrected chi connectivity index (χ2v) is 6.18. The molecule has 1 aromatic rings. The molecule has 20 heavy (non-hydrogen) atoms. The van der Waals surface area contributed by atoms with Gasteiger partial charge in [-0.05, 0) is 31.5 Å². The number of hydrogen-bond donors (Lipinski definition) is 1. The van der Waals surface area contributed by atoms with E-state index in [9.17, 15) is 0 Å². The molecule has 0 saturated heterocycles. The van der Waals surface area contributed by atoms with E-state index in [2.05, 4.69) is 24.1 Å². The van der Waals surface area contributed by atoms with Crippen LogP contribution >= 0.6 is 0 Å². The predicted octanol–water partition coefficient (Wildman–Crippen LogP) is 3.43. The third-order valence-corrected chi connectivity index (χ3v) is 4.66. The topological polar surface area (TPSA) is 38.5 Å². The molecule has 1 aliphatic carbocycles. The van der Waals surface area contributed by atoms with E-state index in [-0.39, 0.29) is 5.41 Å². The molecule has 3 nitrogen and oxygen atoms in total. The molecule has 1 aromatic carbocycles. The van der Waals surface area contributed by atoms with E-state index in [0.717, 1.165) is 18.8 Å². The standard InChI is InChI=1S/C17H28N2O/c1-19(15-8-7-9-16(12-15)20-2)14-17(13-18)10-5-3-4-6-11-17/h7-9,12H,3-6,10-11,13-14,18H2,1-2H3. The number of anilines is 1. The van der Waals surface area contributed by atoms with Gasteiger partial charge in [0.05, 0.1) is 7.11 Å². The van der Waals surface area contributed by atoms with Crippen LogP contribution in [0.4, 0.5) is 5.69 Å². The maximum atomic E-state index is 6.14. The van der Waals surface area contributed by atoms with Gasteiger partial charge in [0.25, 0.3) is 0 Å². The summed E-state index contributed by atoms with van der Waals surface area (Å²) < 4.78 is 5.32. The number of hydrogen-bond acceptors (Lipinski definition) is 3. The van der Waals surface area contributed by atoms with E-state index in [1.54, 1.807) is 7.11 Å². The Labute approximate surface area is 123 Å². The molecule has 1 fully saturated rings. The highest BCUT2D eigenvalue weighted by atomic mass is 16.5. The van der Waals surface area contributed by atoms with Crippen molar-refractivity contribution in [3.05, 3.63) is 24.3 Å². The van der Waals surface area contributed by atoms with Crippen LogP contribution in [-0.4, -0.2) is 27.2 Å². The van der Waals surface area contributed by atoms with Crippen molar-refractivity contribution in [3.63, 3.8) is 0 Å². The predicted molar refractivity (Wildman–Crippen MR) is 85.5 cm³/mol. The first-order valence-electron chi connectivity index (χ1n) is 7.74. The Morgan fingerprint density at radius 1 is 1.20 bits per heavy atom. The smallest absolute Gasteiger partial charge is 0.120 e. The van der Waals surface area contributed by atoms with E-state index >= 15 is 0 Å². The van der Waals surface area contributed by atoms with Gasteiger partial charge in [0.1, 0.15) is 5.75 Å². The van der Waals surface area contributed by atoms with Gasteiger partial charge >= 0.3 is 0 Å². The van der Waals surface area contributed by atoms with Gasteiger partial charge in [0, 0.05) is 30.8 Å². The van der Waals surface area contributed by atoms with E-state index in [1.165, 1.54) is 44.2 Å². The van der Waals surface area contributed by atoms with Crippen molar-refractivity contribution in [3.8, 4) is 5.75 Å². The van der Waals surface area contributed by atoms with Crippen LogP contribution in [0.15, 0.2) is 24.3 Å². The molecule has 3 heteroatoms. The first-order chi connectivity index (χ1) is 9.69. The van der Waals surface area contributed by atoms with E-state index in [0.29, 0.717) is 0 Å². The molecule has 112 valence electrons. The number of benzene rings is 1. The van der Waals surface area contributed by atoms with Crippen LogP contribution in [0.25, 0.3) is 0 Å². The van der Waals surface area contributed by atoms with Crippen molar-refractivity contribution < 1.29 is 4.74 Å². The Morgan fingerprint density at radius 3 is 2.50 bits per heavy atom. The monoisotopic (exact) mass is 276 g/mol. The number of nitrogens with zero attached hydrogens (tertiary/aromatic N) is 1. The Morgan fingerprint density at radius 2 is 1.90 bits per heavy atom. The molecular formula is C17H28N2O. The zero-order valence-corrected chi connectivity index (χ0v) is 12.9. The average molecular weight is 276 g/mol. The summed E-state index contributed by atoms with van der Waals surface area (Å²) in [6.45, 7) is 1.83. The van der Waals surface area contributed by atoms with E-state index < -0.39 is 0 Å². The zero-order chi connectivity index (χ0) is 14.4. The maximum absolute atomic E-state index is 6.14. The summed E-state index contributed by atoms with van der Waals surface area (Å²) in [5, 5.41) is 0. The summed E-state index contributed by atoms with van der Waals surface area (Å²) in [4.78, 5) is 2.33. The van der Waals surface area contributed by atoms with Crippen molar-refractivity contribution in [1.82, 2.24) is 0 Å². The minimum Gasteiger partial charge on any atom is -0.497 e. The quantitative estimate of drug-likeness (QED) is 0.837. The lowest BCUT2D eigenvalue weighted by Gasteiger charge is -2.36. The van der Waals surface area contributed by atoms with Crippen LogP contribution in [0.1, 0.15) is 38.5 Å². The molecule has 0 aliphatic heterocycles. The highest BCUT2D eigenvalue weighted by molar-refractivity contribution is 5.50. The van der Waals surface area contributed by atoms with Gasteiger partial charge < -0.3 is 15.4 Å². The number of rotatable bonds is 5. The minimum atomic E-state index is 0.286. The summed E-state index contributed by atoms with van der Waals surface area (Å²) in [6.07, 6.45) is 7.90. The lowest BCUT2D eigenvalue weighted by Crippen LogP contribution is -2.41. The Bertz CT molecular complexity index is 411. The normalized spacial score (nSPS) is 18.4. The lowest BCUT2D eigenvalue weighted by molar-refractivity contribution is 0.262. The number of ether oxygens (including phenoxy) is 1. The SMILES string of the molecule is COc1cccc(N(C)CC2(CN)CCCCCC2)c1. The van der Waals surface area contributed by atoms with Crippen LogP contribution in [0, 0.1) is 5.41 Å². The third kappa shape index (κ3) is 3.66. The van der Waals surface area contributed by atoms with Crippen molar-refractivity contribution in [2.24, 2.45) is 11.1 Å². The van der Waals surface area contributed by atoms with Crippen molar-refractivity contribution >= 4 is 5.69 Å².